The van der Waals surface area contributed by atoms with Crippen molar-refractivity contribution in [3.63, 3.8) is 0 Å². The fourth-order valence-electron chi connectivity index (χ4n) is 4.33. The van der Waals surface area contributed by atoms with Crippen molar-refractivity contribution in [1.82, 2.24) is 15.5 Å². The van der Waals surface area contributed by atoms with Crippen LogP contribution in [0.1, 0.15) is 29.3 Å². The van der Waals surface area contributed by atoms with Crippen molar-refractivity contribution in [2.75, 3.05) is 6.61 Å². The van der Waals surface area contributed by atoms with Gasteiger partial charge in [0.2, 0.25) is 0 Å². The molecule has 5 rings (SSSR count). The molecule has 8 heteroatoms. The molecule has 1 aliphatic heterocycles. The predicted molar refractivity (Wildman–Crippen MR) is 134 cm³/mol. The van der Waals surface area contributed by atoms with Crippen molar-refractivity contribution in [3.05, 3.63) is 93.4 Å². The molecule has 0 radical (unpaired) electrons. The number of nitrogens with zero attached hydrogens (tertiary/aromatic N) is 2. The molecule has 0 saturated heterocycles. The smallest absolute Gasteiger partial charge is 0.412 e. The molecular weight excluding hydrogens is 444 g/mol. The Kier molecular flexibility index (Phi) is 6.12. The van der Waals surface area contributed by atoms with Crippen molar-refractivity contribution in [2.24, 2.45) is 4.99 Å². The van der Waals surface area contributed by atoms with Gasteiger partial charge in [0.15, 0.2) is 0 Å². The summed E-state index contributed by atoms with van der Waals surface area (Å²) in [5.41, 5.74) is 5.99. The number of hydrogen-bond donors (Lipinski definition) is 3. The molecule has 3 N–H and O–H groups in total. The van der Waals surface area contributed by atoms with Gasteiger partial charge in [0.25, 0.3) is 5.56 Å². The summed E-state index contributed by atoms with van der Waals surface area (Å²) < 4.78 is 4.94. The van der Waals surface area contributed by atoms with Gasteiger partial charge in [0.1, 0.15) is 5.84 Å². The lowest BCUT2D eigenvalue weighted by molar-refractivity contribution is 0.157. The van der Waals surface area contributed by atoms with Crippen molar-refractivity contribution >= 4 is 28.4 Å². The summed E-state index contributed by atoms with van der Waals surface area (Å²) in [4.78, 5) is 28.4. The van der Waals surface area contributed by atoms with Gasteiger partial charge in [0.05, 0.1) is 30.0 Å². The highest BCUT2D eigenvalue weighted by Gasteiger charge is 2.18. The maximum atomic E-state index is 12.2. The van der Waals surface area contributed by atoms with E-state index in [0.717, 1.165) is 44.6 Å². The van der Waals surface area contributed by atoms with Crippen molar-refractivity contribution in [1.29, 1.82) is 0 Å². The van der Waals surface area contributed by atoms with Crippen LogP contribution in [0.25, 0.3) is 21.9 Å². The second-order valence-corrected chi connectivity index (χ2v) is 8.29. The molecule has 1 aliphatic rings. The second-order valence-electron chi connectivity index (χ2n) is 8.29. The number of hydrogen-bond acceptors (Lipinski definition) is 6. The Morgan fingerprint density at radius 3 is 2.63 bits per heavy atom. The van der Waals surface area contributed by atoms with E-state index < -0.39 is 6.09 Å². The molecule has 4 aromatic rings. The molecule has 0 spiro atoms. The Morgan fingerprint density at radius 2 is 1.83 bits per heavy atom. The first kappa shape index (κ1) is 22.5. The molecule has 0 bridgehead atoms. The summed E-state index contributed by atoms with van der Waals surface area (Å²) in [6.45, 7) is 1.95. The SMILES string of the molecule is CCOC(=O)NC1=Nc2cc(-c3ccc(CO)c(Cc4n[nH]c(=O)c5ccccc45)c3)ccc2C1. The van der Waals surface area contributed by atoms with Gasteiger partial charge in [-0.05, 0) is 46.9 Å². The number of aromatic nitrogens is 2. The van der Waals surface area contributed by atoms with E-state index in [1.54, 1.807) is 13.0 Å². The number of fused-ring (bicyclic) bond motifs is 2. The van der Waals surface area contributed by atoms with Gasteiger partial charge in [0, 0.05) is 18.2 Å². The third-order valence-corrected chi connectivity index (χ3v) is 6.06. The lowest BCUT2D eigenvalue weighted by atomic mass is 9.94. The number of aliphatic imine (C=N–C) groups is 1. The zero-order valence-corrected chi connectivity index (χ0v) is 19.2. The highest BCUT2D eigenvalue weighted by atomic mass is 16.5. The summed E-state index contributed by atoms with van der Waals surface area (Å²) in [6, 6.07) is 19.3. The van der Waals surface area contributed by atoms with Crippen LogP contribution >= 0.6 is 0 Å². The molecular formula is C27H24N4O4. The fraction of sp³-hybridized carbons (Fsp3) is 0.185. The number of amides is 1. The Labute approximate surface area is 201 Å². The van der Waals surface area contributed by atoms with Crippen LogP contribution < -0.4 is 10.9 Å². The minimum Gasteiger partial charge on any atom is -0.450 e. The van der Waals surface area contributed by atoms with E-state index in [4.69, 9.17) is 4.74 Å². The van der Waals surface area contributed by atoms with E-state index in [9.17, 15) is 14.7 Å². The number of H-pyrrole nitrogens is 1. The topological polar surface area (TPSA) is 117 Å². The van der Waals surface area contributed by atoms with Crippen LogP contribution in [0.4, 0.5) is 10.5 Å². The van der Waals surface area contributed by atoms with Gasteiger partial charge in [-0.15, -0.1) is 0 Å². The average molecular weight is 469 g/mol. The highest BCUT2D eigenvalue weighted by molar-refractivity contribution is 6.01. The number of ether oxygens (including phenoxy) is 1. The summed E-state index contributed by atoms with van der Waals surface area (Å²) >= 11 is 0. The molecule has 1 aromatic heterocycles. The summed E-state index contributed by atoms with van der Waals surface area (Å²) in [7, 11) is 0. The van der Waals surface area contributed by atoms with E-state index >= 15 is 0 Å². The van der Waals surface area contributed by atoms with Gasteiger partial charge in [-0.1, -0.05) is 48.5 Å². The van der Waals surface area contributed by atoms with Crippen LogP contribution in [-0.4, -0.2) is 33.8 Å². The first-order chi connectivity index (χ1) is 17.1. The van der Waals surface area contributed by atoms with Crippen LogP contribution in [0.5, 0.6) is 0 Å². The highest BCUT2D eigenvalue weighted by Crippen LogP contribution is 2.33. The molecule has 3 aromatic carbocycles. The van der Waals surface area contributed by atoms with Crippen LogP contribution in [0.15, 0.2) is 70.5 Å². The summed E-state index contributed by atoms with van der Waals surface area (Å²) in [5, 5.41) is 20.9. The van der Waals surface area contributed by atoms with E-state index in [2.05, 4.69) is 20.5 Å². The van der Waals surface area contributed by atoms with E-state index in [1.807, 2.05) is 54.6 Å². The first-order valence-corrected chi connectivity index (χ1v) is 11.4. The maximum Gasteiger partial charge on any atom is 0.412 e. The largest absolute Gasteiger partial charge is 0.450 e. The molecule has 1 amide bonds. The number of nitrogens with one attached hydrogen (secondary N) is 2. The lowest BCUT2D eigenvalue weighted by Gasteiger charge is -2.12. The molecule has 35 heavy (non-hydrogen) atoms. The zero-order chi connectivity index (χ0) is 24.4. The fourth-order valence-corrected chi connectivity index (χ4v) is 4.33. The third kappa shape index (κ3) is 4.56. The van der Waals surface area contributed by atoms with Gasteiger partial charge < -0.3 is 9.84 Å². The number of alkyl carbamates (subject to hydrolysis) is 1. The first-order valence-electron chi connectivity index (χ1n) is 11.4. The molecule has 0 aliphatic carbocycles. The number of carbonyl (C=O) groups excluding carboxylic acids is 1. The third-order valence-electron chi connectivity index (χ3n) is 6.06. The van der Waals surface area contributed by atoms with Crippen LogP contribution in [-0.2, 0) is 24.2 Å². The minimum atomic E-state index is -0.507. The van der Waals surface area contributed by atoms with E-state index in [-0.39, 0.29) is 12.2 Å². The molecule has 176 valence electrons. The molecule has 0 unspecified atom stereocenters. The molecule has 2 heterocycles. The van der Waals surface area contributed by atoms with Gasteiger partial charge in [-0.25, -0.2) is 14.9 Å². The minimum absolute atomic E-state index is 0.103. The van der Waals surface area contributed by atoms with Crippen LogP contribution in [0.2, 0.25) is 0 Å². The number of aliphatic hydroxyl groups is 1. The number of rotatable bonds is 5. The van der Waals surface area contributed by atoms with Crippen LogP contribution in [0, 0.1) is 0 Å². The average Bonchev–Trinajstić information content (AvgIpc) is 3.27. The zero-order valence-electron chi connectivity index (χ0n) is 19.2. The van der Waals surface area contributed by atoms with E-state index in [0.29, 0.717) is 30.7 Å². The Morgan fingerprint density at radius 1 is 1.06 bits per heavy atom. The quantitative estimate of drug-likeness (QED) is 0.409. The molecule has 0 atom stereocenters. The Bertz CT molecular complexity index is 1520. The lowest BCUT2D eigenvalue weighted by Crippen LogP contribution is -2.30. The van der Waals surface area contributed by atoms with Gasteiger partial charge in [-0.2, -0.15) is 5.10 Å². The number of amidine groups is 1. The Balaban J connectivity index is 1.47. The standard InChI is InChI=1S/C27H24N4O4/c1-2-35-27(34)29-25-14-18-9-7-17(12-23(18)28-25)16-8-10-19(15-32)20(11-16)13-24-21-5-3-4-6-22(21)26(33)31-30-24/h3-12,32H,2,13-15H2,1H3,(H,31,33)(H,28,29,34). The molecule has 0 fully saturated rings. The maximum absolute atomic E-state index is 12.2. The van der Waals surface area contributed by atoms with Crippen molar-refractivity contribution in [3.8, 4) is 11.1 Å². The Hall–Kier alpha value is -4.30. The normalized spacial score (nSPS) is 12.3. The summed E-state index contributed by atoms with van der Waals surface area (Å²) in [6.07, 6.45) is 0.484. The summed E-state index contributed by atoms with van der Waals surface area (Å²) in [5.74, 6) is 0.558. The molecule has 0 saturated carbocycles. The van der Waals surface area contributed by atoms with Crippen LogP contribution in [0.3, 0.4) is 0 Å². The van der Waals surface area contributed by atoms with Gasteiger partial charge >= 0.3 is 6.09 Å². The van der Waals surface area contributed by atoms with Crippen molar-refractivity contribution in [2.45, 2.75) is 26.4 Å². The van der Waals surface area contributed by atoms with Gasteiger partial charge in [-0.3, -0.25) is 10.1 Å². The number of aromatic amines is 1. The number of aliphatic hydroxyl groups excluding tert-OH is 1. The van der Waals surface area contributed by atoms with E-state index in [1.165, 1.54) is 0 Å². The number of carbonyl (C=O) groups is 1. The monoisotopic (exact) mass is 468 g/mol. The van der Waals surface area contributed by atoms with Crippen molar-refractivity contribution < 1.29 is 14.6 Å². The second kappa shape index (κ2) is 9.52. The molecule has 8 nitrogen and oxygen atoms in total. The predicted octanol–water partition coefficient (Wildman–Crippen LogP) is 4.01. The number of benzene rings is 3.